The smallest absolute Gasteiger partial charge is 0.263 e. The second-order valence-electron chi connectivity index (χ2n) is 7.16. The first-order chi connectivity index (χ1) is 9.36. The number of aliphatic hydroxyl groups is 1. The zero-order valence-corrected chi connectivity index (χ0v) is 15.2. The minimum absolute atomic E-state index is 0.0463. The van der Waals surface area contributed by atoms with Crippen LogP contribution in [-0.4, -0.2) is 27.3 Å². The molecule has 122 valence electrons. The van der Waals surface area contributed by atoms with E-state index in [1.807, 2.05) is 34.6 Å². The molecule has 0 fully saturated rings. The van der Waals surface area contributed by atoms with Gasteiger partial charge in [-0.25, -0.2) is 0 Å². The fraction of sp³-hybridized carbons (Fsp3) is 0.750. The molecule has 5 heteroatoms. The van der Waals surface area contributed by atoms with Gasteiger partial charge in [0.2, 0.25) is 0 Å². The van der Waals surface area contributed by atoms with Crippen molar-refractivity contribution in [2.24, 2.45) is 22.1 Å². The number of rotatable bonds is 6. The van der Waals surface area contributed by atoms with Crippen LogP contribution < -0.4 is 5.73 Å². The molecule has 0 radical (unpaired) electrons. The lowest BCUT2D eigenvalue weighted by molar-refractivity contribution is -0.119. The fourth-order valence-corrected chi connectivity index (χ4v) is 2.52. The van der Waals surface area contributed by atoms with E-state index in [9.17, 15) is 9.90 Å². The van der Waals surface area contributed by atoms with Gasteiger partial charge in [-0.15, -0.1) is 11.8 Å². The number of hydrogen-bond donors (Lipinski definition) is 2. The number of thioether (sulfide) groups is 1. The van der Waals surface area contributed by atoms with Crippen molar-refractivity contribution in [3.8, 4) is 0 Å². The highest BCUT2D eigenvalue weighted by Gasteiger charge is 2.28. The van der Waals surface area contributed by atoms with Crippen LogP contribution in [0.4, 0.5) is 0 Å². The summed E-state index contributed by atoms with van der Waals surface area (Å²) in [6.07, 6.45) is 2.41. The normalized spacial score (nSPS) is 14.7. The van der Waals surface area contributed by atoms with E-state index in [-0.39, 0.29) is 17.5 Å². The maximum Gasteiger partial charge on any atom is 0.263 e. The molecule has 0 aromatic heterocycles. The Balaban J connectivity index is 4.81. The maximum absolute atomic E-state index is 12.2. The number of hydrogen-bond acceptors (Lipinski definition) is 3. The molecule has 4 nitrogen and oxygen atoms in total. The Bertz CT molecular complexity index is 418. The molecule has 0 aliphatic heterocycles. The molecule has 0 aromatic rings. The Kier molecular flexibility index (Phi) is 7.51. The van der Waals surface area contributed by atoms with E-state index in [0.29, 0.717) is 5.92 Å². The van der Waals surface area contributed by atoms with Crippen molar-refractivity contribution in [2.45, 2.75) is 59.6 Å². The van der Waals surface area contributed by atoms with Gasteiger partial charge in [0.1, 0.15) is 11.6 Å². The lowest BCUT2D eigenvalue weighted by atomic mass is 9.93. The molecule has 0 rings (SSSR count). The molecule has 0 aliphatic carbocycles. The predicted octanol–water partition coefficient (Wildman–Crippen LogP) is 3.92. The Morgan fingerprint density at radius 3 is 2.24 bits per heavy atom. The van der Waals surface area contributed by atoms with E-state index in [4.69, 9.17) is 5.73 Å². The Morgan fingerprint density at radius 1 is 1.29 bits per heavy atom. The van der Waals surface area contributed by atoms with E-state index in [1.54, 1.807) is 11.8 Å². The zero-order chi connectivity index (χ0) is 16.8. The maximum atomic E-state index is 12.2. The Morgan fingerprint density at radius 2 is 1.81 bits per heavy atom. The average Bonchev–Trinajstić information content (AvgIpc) is 2.26. The molecular formula is C16H30N2O2S. The van der Waals surface area contributed by atoms with Gasteiger partial charge in [-0.2, -0.15) is 4.99 Å². The Hall–Kier alpha value is -0.970. The molecule has 0 atom stereocenters. The SMILES string of the molecule is CC(C)CCSC(C)(C)C(=O)N=C(N)/C=C(\O)C(C)(C)C. The molecule has 0 spiro atoms. The zero-order valence-electron chi connectivity index (χ0n) is 14.4. The van der Waals surface area contributed by atoms with Crippen LogP contribution in [0, 0.1) is 11.3 Å². The lowest BCUT2D eigenvalue weighted by Gasteiger charge is -2.20. The number of nitrogens with zero attached hydrogens (tertiary/aromatic N) is 1. The van der Waals surface area contributed by atoms with E-state index in [2.05, 4.69) is 18.8 Å². The quantitative estimate of drug-likeness (QED) is 0.442. The summed E-state index contributed by atoms with van der Waals surface area (Å²) < 4.78 is -0.606. The molecule has 0 unspecified atom stereocenters. The van der Waals surface area contributed by atoms with Crippen LogP contribution in [0.5, 0.6) is 0 Å². The largest absolute Gasteiger partial charge is 0.512 e. The van der Waals surface area contributed by atoms with Gasteiger partial charge in [-0.3, -0.25) is 4.79 Å². The number of aliphatic hydroxyl groups excluding tert-OH is 1. The first-order valence-corrected chi connectivity index (χ1v) is 8.28. The van der Waals surface area contributed by atoms with Gasteiger partial charge >= 0.3 is 0 Å². The monoisotopic (exact) mass is 314 g/mol. The van der Waals surface area contributed by atoms with Crippen molar-refractivity contribution < 1.29 is 9.90 Å². The van der Waals surface area contributed by atoms with Crippen molar-refractivity contribution in [3.63, 3.8) is 0 Å². The van der Waals surface area contributed by atoms with E-state index in [0.717, 1.165) is 12.2 Å². The Labute approximate surface area is 133 Å². The summed E-state index contributed by atoms with van der Waals surface area (Å²) >= 11 is 1.59. The van der Waals surface area contributed by atoms with Crippen molar-refractivity contribution >= 4 is 23.5 Å². The van der Waals surface area contributed by atoms with Gasteiger partial charge in [-0.05, 0) is 31.9 Å². The van der Waals surface area contributed by atoms with Crippen molar-refractivity contribution in [2.75, 3.05) is 5.75 Å². The highest BCUT2D eigenvalue weighted by molar-refractivity contribution is 8.01. The predicted molar refractivity (Wildman–Crippen MR) is 92.8 cm³/mol. The van der Waals surface area contributed by atoms with Gasteiger partial charge in [-0.1, -0.05) is 34.6 Å². The van der Waals surface area contributed by atoms with Crippen LogP contribution in [0.15, 0.2) is 16.8 Å². The molecule has 0 saturated carbocycles. The van der Waals surface area contributed by atoms with E-state index < -0.39 is 10.2 Å². The van der Waals surface area contributed by atoms with Crippen LogP contribution in [0.3, 0.4) is 0 Å². The van der Waals surface area contributed by atoms with Crippen LogP contribution in [-0.2, 0) is 4.79 Å². The molecule has 0 saturated heterocycles. The number of allylic oxidation sites excluding steroid dienone is 1. The van der Waals surface area contributed by atoms with Gasteiger partial charge in [0, 0.05) is 11.5 Å². The molecular weight excluding hydrogens is 284 g/mol. The summed E-state index contributed by atoms with van der Waals surface area (Å²) in [6.45, 7) is 13.6. The number of amidine groups is 1. The third-order valence-electron chi connectivity index (χ3n) is 2.96. The van der Waals surface area contributed by atoms with E-state index >= 15 is 0 Å². The molecule has 21 heavy (non-hydrogen) atoms. The number of aliphatic imine (C=N–C) groups is 1. The molecule has 3 N–H and O–H groups in total. The van der Waals surface area contributed by atoms with Crippen LogP contribution in [0.1, 0.15) is 54.9 Å². The van der Waals surface area contributed by atoms with Crippen molar-refractivity contribution in [3.05, 3.63) is 11.8 Å². The topological polar surface area (TPSA) is 75.7 Å². The number of carbonyl (C=O) groups is 1. The minimum Gasteiger partial charge on any atom is -0.512 e. The van der Waals surface area contributed by atoms with Crippen LogP contribution in [0.2, 0.25) is 0 Å². The van der Waals surface area contributed by atoms with E-state index in [1.165, 1.54) is 6.08 Å². The number of nitrogens with two attached hydrogens (primary N) is 1. The summed E-state index contributed by atoms with van der Waals surface area (Å²) in [6, 6.07) is 0. The van der Waals surface area contributed by atoms with Gasteiger partial charge in [0.25, 0.3) is 5.91 Å². The first kappa shape index (κ1) is 20.0. The number of amides is 1. The second kappa shape index (κ2) is 7.87. The molecule has 0 aliphatic rings. The standard InChI is InChI=1S/C16H30N2O2S/c1-11(2)8-9-21-16(6,7)14(20)18-13(17)10-12(19)15(3,4)5/h10-11,19H,8-9H2,1-7H3,(H2,17,18,20)/b12-10-. The summed E-state index contributed by atoms with van der Waals surface area (Å²) in [7, 11) is 0. The summed E-state index contributed by atoms with van der Waals surface area (Å²) in [5, 5.41) is 9.86. The van der Waals surface area contributed by atoms with Crippen molar-refractivity contribution in [1.29, 1.82) is 0 Å². The summed E-state index contributed by atoms with van der Waals surface area (Å²) in [5.41, 5.74) is 5.32. The third kappa shape index (κ3) is 8.15. The highest BCUT2D eigenvalue weighted by atomic mass is 32.2. The summed E-state index contributed by atoms with van der Waals surface area (Å²) in [4.78, 5) is 16.1. The molecule has 1 amide bonds. The number of carbonyl (C=O) groups excluding carboxylic acids is 1. The van der Waals surface area contributed by atoms with Crippen LogP contribution in [0.25, 0.3) is 0 Å². The molecule has 0 bridgehead atoms. The van der Waals surface area contributed by atoms with Gasteiger partial charge < -0.3 is 10.8 Å². The van der Waals surface area contributed by atoms with Crippen molar-refractivity contribution in [1.82, 2.24) is 0 Å². The molecule has 0 aromatic carbocycles. The highest BCUT2D eigenvalue weighted by Crippen LogP contribution is 2.28. The minimum atomic E-state index is -0.606. The fourth-order valence-electron chi connectivity index (χ4n) is 1.25. The molecule has 0 heterocycles. The first-order valence-electron chi connectivity index (χ1n) is 7.30. The lowest BCUT2D eigenvalue weighted by Crippen LogP contribution is -2.29. The van der Waals surface area contributed by atoms with Crippen LogP contribution >= 0.6 is 11.8 Å². The average molecular weight is 314 g/mol. The third-order valence-corrected chi connectivity index (χ3v) is 4.29. The van der Waals surface area contributed by atoms with Gasteiger partial charge in [0.15, 0.2) is 0 Å². The summed E-state index contributed by atoms with van der Waals surface area (Å²) in [5.74, 6) is 1.41. The second-order valence-corrected chi connectivity index (χ2v) is 8.88. The van der Waals surface area contributed by atoms with Gasteiger partial charge in [0.05, 0.1) is 4.75 Å².